The van der Waals surface area contributed by atoms with E-state index < -0.39 is 0 Å². The number of aliphatic hydroxyl groups excluding tert-OH is 1. The number of carbonyl (C=O) groups is 2. The smallest absolute Gasteiger partial charge is 0.220 e. The second-order valence-electron chi connectivity index (χ2n) is 9.41. The number of amides is 2. The Morgan fingerprint density at radius 3 is 2.44 bits per heavy atom. The van der Waals surface area contributed by atoms with Gasteiger partial charge in [0.1, 0.15) is 0 Å². The summed E-state index contributed by atoms with van der Waals surface area (Å²) in [6.07, 6.45) is 3.95. The van der Waals surface area contributed by atoms with Crippen LogP contribution in [0.2, 0.25) is 0 Å². The molecule has 2 aromatic rings. The van der Waals surface area contributed by atoms with Crippen LogP contribution in [0.15, 0.2) is 29.1 Å². The molecule has 0 saturated heterocycles. The Kier molecular flexibility index (Phi) is 11.0. The number of methoxy groups -OCH3 is 3. The van der Waals surface area contributed by atoms with Crippen molar-refractivity contribution in [3.05, 3.63) is 45.6 Å². The minimum absolute atomic E-state index is 0.0726. The van der Waals surface area contributed by atoms with Crippen LogP contribution in [0.3, 0.4) is 0 Å². The number of nitrogens with one attached hydrogen (secondary N) is 3. The molecule has 10 nitrogen and oxygen atoms in total. The first-order chi connectivity index (χ1) is 18.8. The minimum Gasteiger partial charge on any atom is -0.493 e. The highest BCUT2D eigenvalue weighted by molar-refractivity contribution is 5.83. The topological polar surface area (TPSA) is 135 Å². The van der Waals surface area contributed by atoms with Crippen LogP contribution in [0, 0.1) is 0 Å². The lowest BCUT2D eigenvalue weighted by Gasteiger charge is -2.19. The van der Waals surface area contributed by atoms with Gasteiger partial charge < -0.3 is 35.3 Å². The van der Waals surface area contributed by atoms with Gasteiger partial charge in [-0.15, -0.1) is 0 Å². The van der Waals surface area contributed by atoms with Crippen LogP contribution in [0.5, 0.6) is 17.2 Å². The van der Waals surface area contributed by atoms with Crippen molar-refractivity contribution in [3.8, 4) is 28.4 Å². The van der Waals surface area contributed by atoms with Gasteiger partial charge in [-0.2, -0.15) is 0 Å². The monoisotopic (exact) mass is 541 g/mol. The predicted octanol–water partition coefficient (Wildman–Crippen LogP) is 2.94. The summed E-state index contributed by atoms with van der Waals surface area (Å²) in [6.45, 7) is 2.23. The molecule has 212 valence electrons. The van der Waals surface area contributed by atoms with E-state index in [9.17, 15) is 14.4 Å². The highest BCUT2D eigenvalue weighted by atomic mass is 16.5. The first kappa shape index (κ1) is 29.8. The van der Waals surface area contributed by atoms with Gasteiger partial charge in [-0.05, 0) is 60.6 Å². The molecule has 0 aromatic heterocycles. The van der Waals surface area contributed by atoms with E-state index in [0.29, 0.717) is 54.3 Å². The van der Waals surface area contributed by atoms with E-state index in [1.54, 1.807) is 33.5 Å². The van der Waals surface area contributed by atoms with E-state index in [0.717, 1.165) is 36.0 Å². The standard InChI is InChI=1S/C29H39N3O7/c1-18(34)32-22-11-9-19-16-25(37-2)28(38-3)29(39-4)27(19)20-10-12-23(24(35)17-21(20)22)30-13-7-5-6-8-26(36)31-14-15-33/h10,12,16-17,22,33H,5-9,11,13-15H2,1-4H3,(H,30,35)(H,31,36)(H,32,34)/t22-/m1/s1. The molecular formula is C29H39N3O7. The quantitative estimate of drug-likeness (QED) is 0.284. The molecule has 0 bridgehead atoms. The van der Waals surface area contributed by atoms with E-state index in [-0.39, 0.29) is 36.4 Å². The molecule has 0 aliphatic heterocycles. The lowest BCUT2D eigenvalue weighted by Crippen LogP contribution is -2.26. The molecule has 1 atom stereocenters. The number of hydrogen-bond donors (Lipinski definition) is 4. The molecule has 1 aliphatic rings. The highest BCUT2D eigenvalue weighted by Crippen LogP contribution is 2.50. The maximum absolute atomic E-state index is 13.3. The van der Waals surface area contributed by atoms with E-state index >= 15 is 0 Å². The van der Waals surface area contributed by atoms with Gasteiger partial charge in [-0.25, -0.2) is 0 Å². The fourth-order valence-electron chi connectivity index (χ4n) is 4.95. The largest absolute Gasteiger partial charge is 0.493 e. The van der Waals surface area contributed by atoms with Crippen LogP contribution in [-0.4, -0.2) is 57.9 Å². The number of ether oxygens (including phenoxy) is 3. The first-order valence-electron chi connectivity index (χ1n) is 13.2. The van der Waals surface area contributed by atoms with Gasteiger partial charge in [0.2, 0.25) is 23.0 Å². The molecule has 2 aromatic carbocycles. The maximum atomic E-state index is 13.3. The van der Waals surface area contributed by atoms with Crippen LogP contribution in [0.1, 0.15) is 56.2 Å². The Hall–Kier alpha value is -3.79. The van der Waals surface area contributed by atoms with Gasteiger partial charge in [0, 0.05) is 32.0 Å². The number of benzene rings is 1. The van der Waals surface area contributed by atoms with Gasteiger partial charge in [0.25, 0.3) is 0 Å². The van der Waals surface area contributed by atoms with Crippen molar-refractivity contribution in [1.29, 1.82) is 0 Å². The van der Waals surface area contributed by atoms with Gasteiger partial charge in [-0.3, -0.25) is 14.4 Å². The Morgan fingerprint density at radius 1 is 1.00 bits per heavy atom. The molecule has 0 heterocycles. The average Bonchev–Trinajstić information content (AvgIpc) is 3.16. The molecule has 4 N–H and O–H groups in total. The molecule has 0 radical (unpaired) electrons. The third-order valence-electron chi connectivity index (χ3n) is 6.75. The van der Waals surface area contributed by atoms with E-state index in [2.05, 4.69) is 16.0 Å². The van der Waals surface area contributed by atoms with Gasteiger partial charge in [0.15, 0.2) is 11.5 Å². The number of hydrogen-bond acceptors (Lipinski definition) is 8. The molecule has 0 spiro atoms. The van der Waals surface area contributed by atoms with Crippen molar-refractivity contribution in [1.82, 2.24) is 10.6 Å². The SMILES string of the molecule is COc1cc2c(c(OC)c1OC)-c1ccc(NCCCCCC(=O)NCCO)c(=O)cc1[C@H](NC(C)=O)CC2. The number of anilines is 1. The summed E-state index contributed by atoms with van der Waals surface area (Å²) in [5, 5.41) is 17.7. The number of rotatable bonds is 13. The number of carbonyl (C=O) groups excluding carboxylic acids is 2. The number of unbranched alkanes of at least 4 members (excludes halogenated alkanes) is 2. The second-order valence-corrected chi connectivity index (χ2v) is 9.41. The molecule has 0 saturated carbocycles. The van der Waals surface area contributed by atoms with Crippen molar-refractivity contribution < 1.29 is 28.9 Å². The molecule has 10 heteroatoms. The zero-order valence-corrected chi connectivity index (χ0v) is 23.1. The van der Waals surface area contributed by atoms with Crippen LogP contribution >= 0.6 is 0 Å². The number of aryl methyl sites for hydroxylation is 1. The summed E-state index contributed by atoms with van der Waals surface area (Å²) in [5.74, 6) is 1.26. The Balaban J connectivity index is 1.92. The minimum atomic E-state index is -0.364. The van der Waals surface area contributed by atoms with Crippen molar-refractivity contribution in [2.75, 3.05) is 46.3 Å². The second kappa shape index (κ2) is 14.4. The van der Waals surface area contributed by atoms with Crippen LogP contribution < -0.4 is 35.6 Å². The Morgan fingerprint density at radius 2 is 1.77 bits per heavy atom. The zero-order valence-electron chi connectivity index (χ0n) is 23.1. The zero-order chi connectivity index (χ0) is 28.4. The van der Waals surface area contributed by atoms with Gasteiger partial charge >= 0.3 is 0 Å². The van der Waals surface area contributed by atoms with Crippen molar-refractivity contribution in [2.45, 2.75) is 51.5 Å². The summed E-state index contributed by atoms with van der Waals surface area (Å²) in [4.78, 5) is 37.0. The highest BCUT2D eigenvalue weighted by Gasteiger charge is 2.29. The summed E-state index contributed by atoms with van der Waals surface area (Å²) in [6, 6.07) is 6.80. The van der Waals surface area contributed by atoms with Crippen LogP contribution in [0.25, 0.3) is 11.1 Å². The molecule has 3 rings (SSSR count). The van der Waals surface area contributed by atoms with E-state index in [1.165, 1.54) is 6.92 Å². The molecule has 0 unspecified atom stereocenters. The summed E-state index contributed by atoms with van der Waals surface area (Å²) in [5.41, 5.74) is 3.53. The molecular weight excluding hydrogens is 502 g/mol. The molecule has 1 aliphatic carbocycles. The van der Waals surface area contributed by atoms with Crippen molar-refractivity contribution in [2.24, 2.45) is 0 Å². The van der Waals surface area contributed by atoms with Crippen LogP contribution in [-0.2, 0) is 16.0 Å². The molecule has 0 fully saturated rings. The fourth-order valence-corrected chi connectivity index (χ4v) is 4.95. The summed E-state index contributed by atoms with van der Waals surface area (Å²) < 4.78 is 17.0. The van der Waals surface area contributed by atoms with Crippen molar-refractivity contribution in [3.63, 3.8) is 0 Å². The summed E-state index contributed by atoms with van der Waals surface area (Å²) in [7, 11) is 4.69. The lowest BCUT2D eigenvalue weighted by atomic mass is 9.95. The third-order valence-corrected chi connectivity index (χ3v) is 6.75. The predicted molar refractivity (Wildman–Crippen MR) is 150 cm³/mol. The normalized spacial score (nSPS) is 13.8. The maximum Gasteiger partial charge on any atom is 0.220 e. The Bertz CT molecular complexity index is 1230. The lowest BCUT2D eigenvalue weighted by molar-refractivity contribution is -0.121. The number of fused-ring (bicyclic) bond motifs is 3. The average molecular weight is 542 g/mol. The van der Waals surface area contributed by atoms with Gasteiger partial charge in [0.05, 0.1) is 39.7 Å². The molecule has 39 heavy (non-hydrogen) atoms. The van der Waals surface area contributed by atoms with Gasteiger partial charge in [-0.1, -0.05) is 12.5 Å². The number of aliphatic hydroxyl groups is 1. The van der Waals surface area contributed by atoms with E-state index in [1.807, 2.05) is 12.1 Å². The van der Waals surface area contributed by atoms with E-state index in [4.69, 9.17) is 19.3 Å². The third kappa shape index (κ3) is 7.41. The Labute approximate surface area is 229 Å². The first-order valence-corrected chi connectivity index (χ1v) is 13.2. The fraction of sp³-hybridized carbons (Fsp3) is 0.483. The molecule has 2 amide bonds. The summed E-state index contributed by atoms with van der Waals surface area (Å²) >= 11 is 0. The van der Waals surface area contributed by atoms with Crippen LogP contribution in [0.4, 0.5) is 5.69 Å². The van der Waals surface area contributed by atoms with Crippen molar-refractivity contribution >= 4 is 17.5 Å².